The van der Waals surface area contributed by atoms with Crippen LogP contribution in [0.4, 0.5) is 24.7 Å². The van der Waals surface area contributed by atoms with Crippen LogP contribution in [0.25, 0.3) is 0 Å². The molecule has 0 saturated heterocycles. The lowest BCUT2D eigenvalue weighted by molar-refractivity contribution is -0.173. The number of fused-ring (bicyclic) bond motifs is 1. The van der Waals surface area contributed by atoms with Crippen molar-refractivity contribution >= 4 is 52.2 Å². The van der Waals surface area contributed by atoms with Crippen LogP contribution in [0.2, 0.25) is 15.1 Å². The monoisotopic (exact) mass is 488 g/mol. The third-order valence-corrected chi connectivity index (χ3v) is 5.97. The number of alkyl halides is 3. The van der Waals surface area contributed by atoms with Crippen molar-refractivity contribution in [3.05, 3.63) is 74.9 Å². The highest BCUT2D eigenvalue weighted by molar-refractivity contribution is 6.44. The normalized spacial score (nSPS) is 18.3. The first-order chi connectivity index (χ1) is 14.6. The Morgan fingerprint density at radius 3 is 2.52 bits per heavy atom. The number of carbonyl (C=O) groups excluding carboxylic acids is 1. The van der Waals surface area contributed by atoms with E-state index in [-0.39, 0.29) is 33.7 Å². The highest BCUT2D eigenvalue weighted by Gasteiger charge is 2.46. The topological polar surface area (TPSA) is 59.0 Å². The molecule has 2 N–H and O–H groups in total. The van der Waals surface area contributed by atoms with Crippen LogP contribution in [-0.2, 0) is 0 Å². The minimum atomic E-state index is -4.56. The van der Waals surface area contributed by atoms with Gasteiger partial charge in [0.25, 0.3) is 5.91 Å². The Hall–Kier alpha value is -2.42. The van der Waals surface area contributed by atoms with Gasteiger partial charge in [0.1, 0.15) is 5.82 Å². The molecule has 162 valence electrons. The summed E-state index contributed by atoms with van der Waals surface area (Å²) in [6, 6.07) is 9.93. The molecular formula is C20H14Cl3F3N4O. The zero-order valence-electron chi connectivity index (χ0n) is 15.6. The van der Waals surface area contributed by atoms with E-state index < -0.39 is 24.2 Å². The predicted octanol–water partition coefficient (Wildman–Crippen LogP) is 6.76. The molecule has 0 aliphatic carbocycles. The largest absolute Gasteiger partial charge is 0.410 e. The minimum Gasteiger partial charge on any atom is -0.363 e. The maximum atomic E-state index is 13.8. The Morgan fingerprint density at radius 1 is 1.13 bits per heavy atom. The molecule has 5 nitrogen and oxygen atoms in total. The van der Waals surface area contributed by atoms with Gasteiger partial charge in [-0.1, -0.05) is 53.0 Å². The van der Waals surface area contributed by atoms with Crippen molar-refractivity contribution in [2.75, 3.05) is 10.6 Å². The zero-order chi connectivity index (χ0) is 22.3. The number of nitrogens with one attached hydrogen (secondary N) is 2. The summed E-state index contributed by atoms with van der Waals surface area (Å²) in [4.78, 5) is 12.6. The number of nitrogens with zero attached hydrogens (tertiary/aromatic N) is 2. The van der Waals surface area contributed by atoms with Gasteiger partial charge in [-0.3, -0.25) is 4.79 Å². The van der Waals surface area contributed by atoms with Crippen LogP contribution < -0.4 is 10.6 Å². The van der Waals surface area contributed by atoms with Crippen LogP contribution in [0.3, 0.4) is 0 Å². The first kappa shape index (κ1) is 21.8. The second kappa shape index (κ2) is 8.26. The Morgan fingerprint density at radius 2 is 1.84 bits per heavy atom. The number of hydrogen-bond acceptors (Lipinski definition) is 3. The highest BCUT2D eigenvalue weighted by Crippen LogP contribution is 2.43. The summed E-state index contributed by atoms with van der Waals surface area (Å²) in [5.41, 5.74) is 0.678. The molecular weight excluding hydrogens is 476 g/mol. The van der Waals surface area contributed by atoms with Gasteiger partial charge in [0.2, 0.25) is 0 Å². The van der Waals surface area contributed by atoms with Crippen molar-refractivity contribution in [2.45, 2.75) is 24.7 Å². The maximum absolute atomic E-state index is 13.8. The molecule has 0 fully saturated rings. The molecule has 1 amide bonds. The first-order valence-electron chi connectivity index (χ1n) is 9.07. The molecule has 2 aromatic carbocycles. The Balaban J connectivity index is 1.65. The number of carbonyl (C=O) groups is 1. The fourth-order valence-electron chi connectivity index (χ4n) is 3.38. The van der Waals surface area contributed by atoms with Crippen molar-refractivity contribution < 1.29 is 18.0 Å². The summed E-state index contributed by atoms with van der Waals surface area (Å²) in [6.45, 7) is 0. The fourth-order valence-corrected chi connectivity index (χ4v) is 3.86. The standard InChI is InChI=1S/C20H14Cl3F3N4O/c21-11-6-4-10(5-7-11)14-8-16(20(24,25)26)30-17(27-14)9-15(29-30)19(31)28-13-3-1-2-12(22)18(13)23/h1-7,9,14,16,27H,8H2,(H,28,31)/t14-,16+/m0/s1. The summed E-state index contributed by atoms with van der Waals surface area (Å²) in [6.07, 6.45) is -4.85. The molecule has 4 rings (SSSR count). The molecule has 0 spiro atoms. The lowest BCUT2D eigenvalue weighted by Crippen LogP contribution is -2.35. The highest BCUT2D eigenvalue weighted by atomic mass is 35.5. The van der Waals surface area contributed by atoms with Gasteiger partial charge in [-0.2, -0.15) is 18.3 Å². The summed E-state index contributed by atoms with van der Waals surface area (Å²) >= 11 is 17.9. The van der Waals surface area contributed by atoms with Gasteiger partial charge in [0, 0.05) is 17.5 Å². The minimum absolute atomic E-state index is 0.0795. The third kappa shape index (κ3) is 4.46. The number of halogens is 6. The molecule has 1 aliphatic heterocycles. The molecule has 1 aliphatic rings. The van der Waals surface area contributed by atoms with Gasteiger partial charge in [0.15, 0.2) is 11.7 Å². The second-order valence-electron chi connectivity index (χ2n) is 6.96. The number of rotatable bonds is 3. The van der Waals surface area contributed by atoms with E-state index in [4.69, 9.17) is 34.8 Å². The Labute approximate surface area is 190 Å². The van der Waals surface area contributed by atoms with Crippen LogP contribution in [0.15, 0.2) is 48.5 Å². The van der Waals surface area contributed by atoms with Crippen LogP contribution in [-0.4, -0.2) is 21.9 Å². The average Bonchev–Trinajstić information content (AvgIpc) is 3.14. The Bertz CT molecular complexity index is 1130. The molecule has 0 bridgehead atoms. The molecule has 2 heterocycles. The molecule has 3 aromatic rings. The van der Waals surface area contributed by atoms with Gasteiger partial charge in [-0.25, -0.2) is 4.68 Å². The second-order valence-corrected chi connectivity index (χ2v) is 8.18. The number of hydrogen-bond donors (Lipinski definition) is 2. The van der Waals surface area contributed by atoms with Crippen LogP contribution >= 0.6 is 34.8 Å². The van der Waals surface area contributed by atoms with Crippen molar-refractivity contribution in [3.8, 4) is 0 Å². The van der Waals surface area contributed by atoms with Gasteiger partial charge in [-0.05, 0) is 29.8 Å². The van der Waals surface area contributed by atoms with Crippen molar-refractivity contribution in [2.24, 2.45) is 0 Å². The lowest BCUT2D eigenvalue weighted by Gasteiger charge is -2.33. The molecule has 31 heavy (non-hydrogen) atoms. The molecule has 0 unspecified atom stereocenters. The number of benzene rings is 2. The maximum Gasteiger partial charge on any atom is 0.410 e. The van der Waals surface area contributed by atoms with E-state index >= 15 is 0 Å². The number of anilines is 2. The zero-order valence-corrected chi connectivity index (χ0v) is 17.8. The summed E-state index contributed by atoms with van der Waals surface area (Å²) in [7, 11) is 0. The van der Waals surface area contributed by atoms with E-state index in [1.54, 1.807) is 36.4 Å². The predicted molar refractivity (Wildman–Crippen MR) is 114 cm³/mol. The molecule has 0 saturated carbocycles. The smallest absolute Gasteiger partial charge is 0.363 e. The average molecular weight is 490 g/mol. The van der Waals surface area contributed by atoms with E-state index in [0.29, 0.717) is 10.6 Å². The van der Waals surface area contributed by atoms with Crippen molar-refractivity contribution in [1.82, 2.24) is 9.78 Å². The summed E-state index contributed by atoms with van der Waals surface area (Å²) in [5.74, 6) is -0.632. The molecule has 0 radical (unpaired) electrons. The molecule has 2 atom stereocenters. The van der Waals surface area contributed by atoms with E-state index in [2.05, 4.69) is 15.7 Å². The summed E-state index contributed by atoms with van der Waals surface area (Å²) < 4.78 is 42.1. The van der Waals surface area contributed by atoms with E-state index in [9.17, 15) is 18.0 Å². The van der Waals surface area contributed by atoms with Gasteiger partial charge >= 0.3 is 6.18 Å². The van der Waals surface area contributed by atoms with E-state index in [1.807, 2.05) is 0 Å². The van der Waals surface area contributed by atoms with Gasteiger partial charge in [-0.15, -0.1) is 0 Å². The molecule has 11 heteroatoms. The van der Waals surface area contributed by atoms with Crippen molar-refractivity contribution in [1.29, 1.82) is 0 Å². The van der Waals surface area contributed by atoms with Crippen LogP contribution in [0, 0.1) is 0 Å². The van der Waals surface area contributed by atoms with Gasteiger partial charge < -0.3 is 10.6 Å². The van der Waals surface area contributed by atoms with Gasteiger partial charge in [0.05, 0.1) is 21.8 Å². The lowest BCUT2D eigenvalue weighted by atomic mass is 9.97. The quantitative estimate of drug-likeness (QED) is 0.427. The number of amides is 1. The SMILES string of the molecule is O=C(Nc1cccc(Cl)c1Cl)c1cc2n(n1)[C@@H](C(F)(F)F)C[C@@H](c1ccc(Cl)cc1)N2. The molecule has 1 aromatic heterocycles. The fraction of sp³-hybridized carbons (Fsp3) is 0.200. The number of aromatic nitrogens is 2. The van der Waals surface area contributed by atoms with E-state index in [1.165, 1.54) is 12.1 Å². The van der Waals surface area contributed by atoms with Crippen LogP contribution in [0.1, 0.15) is 34.6 Å². The van der Waals surface area contributed by atoms with Crippen molar-refractivity contribution in [3.63, 3.8) is 0 Å². The Kier molecular flexibility index (Phi) is 5.81. The van der Waals surface area contributed by atoms with Crippen LogP contribution in [0.5, 0.6) is 0 Å². The third-order valence-electron chi connectivity index (χ3n) is 4.89. The summed E-state index contributed by atoms with van der Waals surface area (Å²) in [5, 5.41) is 10.3. The van der Waals surface area contributed by atoms with E-state index in [0.717, 1.165) is 4.68 Å². The first-order valence-corrected chi connectivity index (χ1v) is 10.2.